The number of carbonyl (C=O) groups excluding carboxylic acids is 1. The third kappa shape index (κ3) is 2.86. The summed E-state index contributed by atoms with van der Waals surface area (Å²) in [7, 11) is 0. The maximum atomic E-state index is 12.6. The van der Waals surface area contributed by atoms with Crippen LogP contribution in [0.2, 0.25) is 0 Å². The van der Waals surface area contributed by atoms with E-state index >= 15 is 0 Å². The highest BCUT2D eigenvalue weighted by Gasteiger charge is 2.32. The van der Waals surface area contributed by atoms with Gasteiger partial charge in [0.15, 0.2) is 0 Å². The van der Waals surface area contributed by atoms with Crippen molar-refractivity contribution in [2.45, 2.75) is 32.2 Å². The minimum atomic E-state index is 0.0117. The van der Waals surface area contributed by atoms with Crippen LogP contribution in [0.1, 0.15) is 37.8 Å². The molecule has 1 saturated carbocycles. The molecule has 2 aromatic carbocycles. The van der Waals surface area contributed by atoms with Crippen molar-refractivity contribution in [3.8, 4) is 0 Å². The highest BCUT2D eigenvalue weighted by molar-refractivity contribution is 5.87. The first kappa shape index (κ1) is 15.0. The Labute approximate surface area is 131 Å². The van der Waals surface area contributed by atoms with Gasteiger partial charge in [0.2, 0.25) is 5.91 Å². The lowest BCUT2D eigenvalue weighted by atomic mass is 9.94. The molecule has 0 spiro atoms. The molecule has 2 aromatic rings. The van der Waals surface area contributed by atoms with Crippen LogP contribution in [-0.4, -0.2) is 12.5 Å². The van der Waals surface area contributed by atoms with Gasteiger partial charge in [0.25, 0.3) is 0 Å². The molecule has 22 heavy (non-hydrogen) atoms. The molecule has 0 radical (unpaired) electrons. The number of hydrogen-bond acceptors (Lipinski definition) is 2. The fourth-order valence-corrected chi connectivity index (χ4v) is 3.69. The Morgan fingerprint density at radius 3 is 2.82 bits per heavy atom. The van der Waals surface area contributed by atoms with Crippen molar-refractivity contribution >= 4 is 16.7 Å². The van der Waals surface area contributed by atoms with Gasteiger partial charge in [-0.1, -0.05) is 48.9 Å². The first-order valence-electron chi connectivity index (χ1n) is 8.19. The van der Waals surface area contributed by atoms with E-state index in [1.807, 2.05) is 12.1 Å². The van der Waals surface area contributed by atoms with E-state index in [4.69, 9.17) is 5.73 Å². The molecule has 3 atom stereocenters. The van der Waals surface area contributed by atoms with Gasteiger partial charge in [-0.2, -0.15) is 0 Å². The number of benzene rings is 2. The fourth-order valence-electron chi connectivity index (χ4n) is 3.69. The van der Waals surface area contributed by atoms with Crippen molar-refractivity contribution in [2.75, 3.05) is 6.54 Å². The van der Waals surface area contributed by atoms with Crippen molar-refractivity contribution in [1.82, 2.24) is 5.32 Å². The Balaban J connectivity index is 1.78. The van der Waals surface area contributed by atoms with Gasteiger partial charge < -0.3 is 11.1 Å². The average Bonchev–Trinajstić information content (AvgIpc) is 3.03. The van der Waals surface area contributed by atoms with E-state index in [0.29, 0.717) is 12.5 Å². The number of rotatable bonds is 4. The molecule has 0 heterocycles. The molecule has 1 aliphatic carbocycles. The van der Waals surface area contributed by atoms with E-state index in [1.54, 1.807) is 0 Å². The Morgan fingerprint density at radius 2 is 2.00 bits per heavy atom. The lowest BCUT2D eigenvalue weighted by Gasteiger charge is -2.22. The molecule has 1 aliphatic rings. The molecular formula is C19H24N2O. The van der Waals surface area contributed by atoms with Crippen LogP contribution in [0.15, 0.2) is 42.5 Å². The Hall–Kier alpha value is -1.87. The highest BCUT2D eigenvalue weighted by atomic mass is 16.2. The summed E-state index contributed by atoms with van der Waals surface area (Å²) in [4.78, 5) is 12.6. The van der Waals surface area contributed by atoms with E-state index in [2.05, 4.69) is 42.6 Å². The summed E-state index contributed by atoms with van der Waals surface area (Å²) in [6.07, 6.45) is 3.16. The van der Waals surface area contributed by atoms with Crippen LogP contribution in [0.5, 0.6) is 0 Å². The molecule has 0 saturated heterocycles. The van der Waals surface area contributed by atoms with Crippen LogP contribution in [0.4, 0.5) is 0 Å². The van der Waals surface area contributed by atoms with Crippen LogP contribution in [0, 0.1) is 11.8 Å². The topological polar surface area (TPSA) is 55.1 Å². The molecule has 1 amide bonds. The molecule has 3 nitrogen and oxygen atoms in total. The van der Waals surface area contributed by atoms with Gasteiger partial charge >= 0.3 is 0 Å². The molecule has 1 fully saturated rings. The van der Waals surface area contributed by atoms with E-state index in [9.17, 15) is 4.79 Å². The van der Waals surface area contributed by atoms with Crippen molar-refractivity contribution in [3.05, 3.63) is 48.0 Å². The van der Waals surface area contributed by atoms with E-state index < -0.39 is 0 Å². The quantitative estimate of drug-likeness (QED) is 0.908. The van der Waals surface area contributed by atoms with Crippen LogP contribution in [0.25, 0.3) is 10.8 Å². The number of fused-ring (bicyclic) bond motifs is 1. The summed E-state index contributed by atoms with van der Waals surface area (Å²) in [5, 5.41) is 5.62. The SMILES string of the molecule is CC(NC(=O)C1CCCC1CN)c1cccc2ccccc12. The smallest absolute Gasteiger partial charge is 0.223 e. The second-order valence-corrected chi connectivity index (χ2v) is 6.33. The number of nitrogens with one attached hydrogen (secondary N) is 1. The van der Waals surface area contributed by atoms with Gasteiger partial charge in [-0.25, -0.2) is 0 Å². The zero-order chi connectivity index (χ0) is 15.5. The van der Waals surface area contributed by atoms with Crippen molar-refractivity contribution < 1.29 is 4.79 Å². The maximum absolute atomic E-state index is 12.6. The van der Waals surface area contributed by atoms with E-state index in [1.165, 1.54) is 16.3 Å². The minimum Gasteiger partial charge on any atom is -0.349 e. The number of nitrogens with two attached hydrogens (primary N) is 1. The van der Waals surface area contributed by atoms with E-state index in [0.717, 1.165) is 19.3 Å². The number of hydrogen-bond donors (Lipinski definition) is 2. The molecule has 3 heteroatoms. The molecule has 116 valence electrons. The van der Waals surface area contributed by atoms with Gasteiger partial charge in [0.1, 0.15) is 0 Å². The summed E-state index contributed by atoms with van der Waals surface area (Å²) in [6, 6.07) is 14.6. The molecule has 3 rings (SSSR count). The fraction of sp³-hybridized carbons (Fsp3) is 0.421. The summed E-state index contributed by atoms with van der Waals surface area (Å²) < 4.78 is 0. The summed E-state index contributed by atoms with van der Waals surface area (Å²) in [5.41, 5.74) is 6.97. The largest absolute Gasteiger partial charge is 0.349 e. The maximum Gasteiger partial charge on any atom is 0.223 e. The first-order chi connectivity index (χ1) is 10.7. The Kier molecular flexibility index (Phi) is 4.44. The lowest BCUT2D eigenvalue weighted by molar-refractivity contribution is -0.126. The molecule has 0 bridgehead atoms. The van der Waals surface area contributed by atoms with Gasteiger partial charge in [-0.3, -0.25) is 4.79 Å². The summed E-state index contributed by atoms with van der Waals surface area (Å²) in [6.45, 7) is 2.67. The van der Waals surface area contributed by atoms with Crippen LogP contribution >= 0.6 is 0 Å². The molecular weight excluding hydrogens is 272 g/mol. The minimum absolute atomic E-state index is 0.0117. The predicted molar refractivity (Wildman–Crippen MR) is 90.4 cm³/mol. The summed E-state index contributed by atoms with van der Waals surface area (Å²) in [5.74, 6) is 0.593. The van der Waals surface area contributed by atoms with Gasteiger partial charge in [0, 0.05) is 5.92 Å². The van der Waals surface area contributed by atoms with Crippen molar-refractivity contribution in [2.24, 2.45) is 17.6 Å². The average molecular weight is 296 g/mol. The zero-order valence-corrected chi connectivity index (χ0v) is 13.1. The molecule has 0 aliphatic heterocycles. The van der Waals surface area contributed by atoms with Gasteiger partial charge in [-0.15, -0.1) is 0 Å². The lowest BCUT2D eigenvalue weighted by Crippen LogP contribution is -2.36. The molecule has 3 unspecified atom stereocenters. The zero-order valence-electron chi connectivity index (χ0n) is 13.1. The van der Waals surface area contributed by atoms with Crippen LogP contribution in [-0.2, 0) is 4.79 Å². The van der Waals surface area contributed by atoms with Crippen LogP contribution in [0.3, 0.4) is 0 Å². The Morgan fingerprint density at radius 1 is 1.23 bits per heavy atom. The Bertz CT molecular complexity index is 662. The van der Waals surface area contributed by atoms with Gasteiger partial charge in [0.05, 0.1) is 6.04 Å². The highest BCUT2D eigenvalue weighted by Crippen LogP contribution is 2.32. The summed E-state index contributed by atoms with van der Waals surface area (Å²) >= 11 is 0. The third-order valence-electron chi connectivity index (χ3n) is 4.95. The number of amides is 1. The monoisotopic (exact) mass is 296 g/mol. The van der Waals surface area contributed by atoms with Crippen molar-refractivity contribution in [3.63, 3.8) is 0 Å². The number of carbonyl (C=O) groups is 1. The van der Waals surface area contributed by atoms with Gasteiger partial charge in [-0.05, 0) is 48.6 Å². The second kappa shape index (κ2) is 6.49. The molecule has 0 aromatic heterocycles. The normalized spacial score (nSPS) is 22.6. The van der Waals surface area contributed by atoms with Crippen molar-refractivity contribution in [1.29, 1.82) is 0 Å². The van der Waals surface area contributed by atoms with E-state index in [-0.39, 0.29) is 17.9 Å². The molecule has 3 N–H and O–H groups in total. The standard InChI is InChI=1S/C19H24N2O/c1-13(21-19(22)18-11-5-8-15(18)12-20)16-10-4-7-14-6-2-3-9-17(14)16/h2-4,6-7,9-10,13,15,18H,5,8,11-12,20H2,1H3,(H,21,22). The first-order valence-corrected chi connectivity index (χ1v) is 8.19. The third-order valence-corrected chi connectivity index (χ3v) is 4.95. The second-order valence-electron chi connectivity index (χ2n) is 6.33. The van der Waals surface area contributed by atoms with Crippen LogP contribution < -0.4 is 11.1 Å². The predicted octanol–water partition coefficient (Wildman–Crippen LogP) is 3.39.